The molecule has 9 heteroatoms. The van der Waals surface area contributed by atoms with Crippen molar-refractivity contribution in [2.45, 2.75) is 13.8 Å². The highest BCUT2D eigenvalue weighted by Gasteiger charge is 2.18. The first-order valence-electron chi connectivity index (χ1n) is 5.71. The molecule has 1 aromatic carbocycles. The number of nitro groups is 1. The van der Waals surface area contributed by atoms with E-state index in [1.54, 1.807) is 6.92 Å². The number of nitrogens with two attached hydrogens (primary N) is 1. The molecule has 1 rings (SSSR count). The molecule has 0 bridgehead atoms. The Balaban J connectivity index is 3.29. The minimum absolute atomic E-state index is 0.131. The van der Waals surface area contributed by atoms with E-state index in [4.69, 9.17) is 5.73 Å². The average molecular weight is 312 g/mol. The summed E-state index contributed by atoms with van der Waals surface area (Å²) in [5.41, 5.74) is 5.35. The molecule has 7 nitrogen and oxygen atoms in total. The van der Waals surface area contributed by atoms with Crippen molar-refractivity contribution in [2.75, 3.05) is 10.6 Å². The number of hydrogen-bond acceptors (Lipinski definition) is 5. The van der Waals surface area contributed by atoms with Crippen LogP contribution in [0.2, 0.25) is 0 Å². The first-order valence-corrected chi connectivity index (χ1v) is 6.11. The quantitative estimate of drug-likeness (QED) is 0.331. The molecular formula is C12H13FN4O3S. The molecular weight excluding hydrogens is 299 g/mol. The maximum absolute atomic E-state index is 13.7. The number of halogens is 1. The number of carbonyl (C=O) groups is 1. The van der Waals surface area contributed by atoms with Crippen molar-refractivity contribution in [1.29, 1.82) is 0 Å². The van der Waals surface area contributed by atoms with E-state index < -0.39 is 16.4 Å². The van der Waals surface area contributed by atoms with Crippen LogP contribution < -0.4 is 16.4 Å². The molecule has 21 heavy (non-hydrogen) atoms. The SMILES string of the molecule is CC(=O)C=C(C)Nc1cc(F)c([N+](=O)[O-])cc1NC(N)=S. The number of anilines is 2. The topological polar surface area (TPSA) is 110 Å². The number of rotatable bonds is 5. The van der Waals surface area contributed by atoms with Crippen LogP contribution in [0.1, 0.15) is 13.8 Å². The van der Waals surface area contributed by atoms with Gasteiger partial charge in [0.05, 0.1) is 16.3 Å². The van der Waals surface area contributed by atoms with Gasteiger partial charge in [0, 0.05) is 17.8 Å². The van der Waals surface area contributed by atoms with Gasteiger partial charge in [-0.3, -0.25) is 14.9 Å². The van der Waals surface area contributed by atoms with Crippen LogP contribution in [0.5, 0.6) is 0 Å². The molecule has 0 radical (unpaired) electrons. The molecule has 0 amide bonds. The summed E-state index contributed by atoms with van der Waals surface area (Å²) < 4.78 is 13.7. The molecule has 4 N–H and O–H groups in total. The van der Waals surface area contributed by atoms with Crippen LogP contribution in [-0.4, -0.2) is 15.8 Å². The molecule has 112 valence electrons. The van der Waals surface area contributed by atoms with Crippen molar-refractivity contribution in [2.24, 2.45) is 5.73 Å². The van der Waals surface area contributed by atoms with E-state index in [0.717, 1.165) is 12.1 Å². The lowest BCUT2D eigenvalue weighted by Crippen LogP contribution is -2.20. The largest absolute Gasteiger partial charge is 0.376 e. The molecule has 0 spiro atoms. The Bertz CT molecular complexity index is 646. The maximum Gasteiger partial charge on any atom is 0.307 e. The number of allylic oxidation sites excluding steroid dienone is 2. The van der Waals surface area contributed by atoms with Crippen molar-refractivity contribution in [3.8, 4) is 0 Å². The van der Waals surface area contributed by atoms with Gasteiger partial charge in [-0.2, -0.15) is 4.39 Å². The van der Waals surface area contributed by atoms with Gasteiger partial charge in [-0.1, -0.05) is 0 Å². The second kappa shape index (κ2) is 6.75. The van der Waals surface area contributed by atoms with E-state index in [9.17, 15) is 19.3 Å². The van der Waals surface area contributed by atoms with Crippen LogP contribution in [0.15, 0.2) is 23.9 Å². The highest BCUT2D eigenvalue weighted by Crippen LogP contribution is 2.30. The predicted octanol–water partition coefficient (Wildman–Crippen LogP) is 2.29. The van der Waals surface area contributed by atoms with E-state index in [1.807, 2.05) is 0 Å². The molecule has 0 saturated heterocycles. The van der Waals surface area contributed by atoms with Gasteiger partial charge < -0.3 is 16.4 Å². The summed E-state index contributed by atoms with van der Waals surface area (Å²) in [7, 11) is 0. The third kappa shape index (κ3) is 4.80. The summed E-state index contributed by atoms with van der Waals surface area (Å²) in [4.78, 5) is 20.9. The molecule has 0 aliphatic heterocycles. The second-order valence-corrected chi connectivity index (χ2v) is 4.60. The molecule has 0 aromatic heterocycles. The smallest absolute Gasteiger partial charge is 0.307 e. The monoisotopic (exact) mass is 312 g/mol. The van der Waals surface area contributed by atoms with E-state index in [1.165, 1.54) is 13.0 Å². The third-order valence-electron chi connectivity index (χ3n) is 2.29. The standard InChI is InChI=1S/C12H13FN4O3S/c1-6(3-7(2)18)15-9-4-8(13)11(17(19)20)5-10(9)16-12(14)21/h3-5,15H,1-2H3,(H3,14,16,21). The molecule has 0 heterocycles. The number of nitrogens with zero attached hydrogens (tertiary/aromatic N) is 1. The van der Waals surface area contributed by atoms with Gasteiger partial charge in [0.2, 0.25) is 5.82 Å². The molecule has 0 fully saturated rings. The van der Waals surface area contributed by atoms with Crippen molar-refractivity contribution in [1.82, 2.24) is 0 Å². The lowest BCUT2D eigenvalue weighted by atomic mass is 10.2. The summed E-state index contributed by atoms with van der Waals surface area (Å²) in [6, 6.07) is 1.90. The summed E-state index contributed by atoms with van der Waals surface area (Å²) in [5.74, 6) is -1.22. The van der Waals surface area contributed by atoms with Crippen molar-refractivity contribution in [3.63, 3.8) is 0 Å². The van der Waals surface area contributed by atoms with Crippen LogP contribution in [0.4, 0.5) is 21.5 Å². The summed E-state index contributed by atoms with van der Waals surface area (Å²) in [5, 5.41) is 15.9. The Morgan fingerprint density at radius 2 is 1.95 bits per heavy atom. The first-order chi connectivity index (χ1) is 9.70. The van der Waals surface area contributed by atoms with Crippen molar-refractivity contribution >= 4 is 40.2 Å². The fourth-order valence-electron chi connectivity index (χ4n) is 1.59. The zero-order valence-electron chi connectivity index (χ0n) is 11.3. The number of benzene rings is 1. The number of thiocarbonyl (C=S) groups is 1. The molecule has 0 aliphatic carbocycles. The zero-order chi connectivity index (χ0) is 16.2. The van der Waals surface area contributed by atoms with Crippen LogP contribution >= 0.6 is 12.2 Å². The highest BCUT2D eigenvalue weighted by molar-refractivity contribution is 7.80. The van der Waals surface area contributed by atoms with E-state index in [0.29, 0.717) is 5.70 Å². The van der Waals surface area contributed by atoms with Gasteiger partial charge in [-0.15, -0.1) is 0 Å². The number of nitro benzene ring substituents is 1. The van der Waals surface area contributed by atoms with Crippen LogP contribution in [0.25, 0.3) is 0 Å². The molecule has 1 aromatic rings. The minimum atomic E-state index is -1.02. The lowest BCUT2D eigenvalue weighted by molar-refractivity contribution is -0.387. The Labute approximate surface area is 125 Å². The van der Waals surface area contributed by atoms with Gasteiger partial charge in [0.25, 0.3) is 0 Å². The van der Waals surface area contributed by atoms with E-state index in [2.05, 4.69) is 22.9 Å². The fraction of sp³-hybridized carbons (Fsp3) is 0.167. The third-order valence-corrected chi connectivity index (χ3v) is 2.40. The summed E-state index contributed by atoms with van der Waals surface area (Å²) in [6.45, 7) is 2.95. The van der Waals surface area contributed by atoms with Crippen molar-refractivity contribution < 1.29 is 14.1 Å². The highest BCUT2D eigenvalue weighted by atomic mass is 32.1. The second-order valence-electron chi connectivity index (χ2n) is 4.16. The summed E-state index contributed by atoms with van der Waals surface area (Å²) >= 11 is 4.67. The first kappa shape index (κ1) is 16.5. The van der Waals surface area contributed by atoms with Gasteiger partial charge >= 0.3 is 5.69 Å². The fourth-order valence-corrected chi connectivity index (χ4v) is 1.70. The normalized spacial score (nSPS) is 10.9. The molecule has 0 saturated carbocycles. The Morgan fingerprint density at radius 1 is 1.38 bits per heavy atom. The Kier molecular flexibility index (Phi) is 5.30. The number of hydrogen-bond donors (Lipinski definition) is 3. The Hall–Kier alpha value is -2.55. The molecule has 0 aliphatic rings. The van der Waals surface area contributed by atoms with E-state index in [-0.39, 0.29) is 22.3 Å². The van der Waals surface area contributed by atoms with Crippen molar-refractivity contribution in [3.05, 3.63) is 39.8 Å². The summed E-state index contributed by atoms with van der Waals surface area (Å²) in [6.07, 6.45) is 1.30. The van der Waals surface area contributed by atoms with Crippen LogP contribution in [0.3, 0.4) is 0 Å². The predicted molar refractivity (Wildman–Crippen MR) is 81.5 cm³/mol. The van der Waals surface area contributed by atoms with Gasteiger partial charge in [-0.05, 0) is 32.1 Å². The maximum atomic E-state index is 13.7. The van der Waals surface area contributed by atoms with Gasteiger partial charge in [-0.25, -0.2) is 0 Å². The molecule has 0 atom stereocenters. The van der Waals surface area contributed by atoms with E-state index >= 15 is 0 Å². The van der Waals surface area contributed by atoms with Crippen LogP contribution in [-0.2, 0) is 4.79 Å². The number of carbonyl (C=O) groups excluding carboxylic acids is 1. The minimum Gasteiger partial charge on any atom is -0.376 e. The Morgan fingerprint density at radius 3 is 2.43 bits per heavy atom. The lowest BCUT2D eigenvalue weighted by Gasteiger charge is -2.13. The number of ketones is 1. The van der Waals surface area contributed by atoms with Gasteiger partial charge in [0.15, 0.2) is 10.9 Å². The van der Waals surface area contributed by atoms with Gasteiger partial charge in [0.1, 0.15) is 0 Å². The van der Waals surface area contributed by atoms with Crippen LogP contribution in [0, 0.1) is 15.9 Å². The average Bonchev–Trinajstić information content (AvgIpc) is 2.30. The molecule has 0 unspecified atom stereocenters. The zero-order valence-corrected chi connectivity index (χ0v) is 12.1. The number of nitrogens with one attached hydrogen (secondary N) is 2.